The van der Waals surface area contributed by atoms with Crippen LogP contribution in [0, 0.1) is 18.4 Å². The topological polar surface area (TPSA) is 97.6 Å². The molecule has 0 aromatic carbocycles. The van der Waals surface area contributed by atoms with Gasteiger partial charge in [-0.1, -0.05) is 0 Å². The molecule has 1 saturated heterocycles. The largest absolute Gasteiger partial charge is 0.380 e. The van der Waals surface area contributed by atoms with Crippen LogP contribution in [0.5, 0.6) is 0 Å². The van der Waals surface area contributed by atoms with Crippen molar-refractivity contribution >= 4 is 51.1 Å². The second-order valence-electron chi connectivity index (χ2n) is 8.73. The predicted molar refractivity (Wildman–Crippen MR) is 126 cm³/mol. The molecule has 32 heavy (non-hydrogen) atoms. The van der Waals surface area contributed by atoms with Gasteiger partial charge in [-0.05, 0) is 30.7 Å². The molecule has 2 fully saturated rings. The molecule has 5 rings (SSSR count). The summed E-state index contributed by atoms with van der Waals surface area (Å²) in [6.45, 7) is 9.06. The molecule has 4 heterocycles. The molecule has 1 unspecified atom stereocenters. The van der Waals surface area contributed by atoms with Crippen LogP contribution in [0.4, 0.5) is 27.2 Å². The summed E-state index contributed by atoms with van der Waals surface area (Å²) < 4.78 is 4.23. The molecule has 1 saturated carbocycles. The van der Waals surface area contributed by atoms with Crippen molar-refractivity contribution in [2.24, 2.45) is 11.8 Å². The Labute approximate surface area is 190 Å². The van der Waals surface area contributed by atoms with E-state index in [0.29, 0.717) is 34.6 Å². The van der Waals surface area contributed by atoms with Gasteiger partial charge in [0, 0.05) is 69.6 Å². The van der Waals surface area contributed by atoms with Gasteiger partial charge in [-0.25, -0.2) is 9.64 Å². The van der Waals surface area contributed by atoms with Crippen LogP contribution in [-0.4, -0.2) is 70.5 Å². The number of carbonyl (C=O) groups excluding carboxylic acids is 1. The van der Waals surface area contributed by atoms with Gasteiger partial charge in [0.15, 0.2) is 0 Å². The molecule has 3 atom stereocenters. The molecule has 0 bridgehead atoms. The van der Waals surface area contributed by atoms with Crippen molar-refractivity contribution < 1.29 is 4.79 Å². The number of aromatic nitrogens is 4. The molecule has 2 aliphatic rings. The molecule has 1 aliphatic carbocycles. The molecule has 11 heteroatoms. The SMILES string of the molecule is [C-]#[N+]c1cnc2[nH]ccc2c1N(C)C1C[C@@H]2CN(C(=O)Nc3nc(N(C)C)ns3)C[C@@H]2C1. The molecule has 166 valence electrons. The Balaban J connectivity index is 1.25. The number of hydrogen-bond acceptors (Lipinski definition) is 7. The Hall–Kier alpha value is -3.39. The van der Waals surface area contributed by atoms with E-state index in [9.17, 15) is 4.79 Å². The predicted octanol–water partition coefficient (Wildman–Crippen LogP) is 3.41. The summed E-state index contributed by atoms with van der Waals surface area (Å²) >= 11 is 1.19. The lowest BCUT2D eigenvalue weighted by molar-refractivity contribution is 0.218. The van der Waals surface area contributed by atoms with Gasteiger partial charge in [0.05, 0.1) is 12.3 Å². The van der Waals surface area contributed by atoms with E-state index < -0.39 is 0 Å². The quantitative estimate of drug-likeness (QED) is 0.590. The van der Waals surface area contributed by atoms with Crippen molar-refractivity contribution in [2.75, 3.05) is 49.3 Å². The van der Waals surface area contributed by atoms with Gasteiger partial charge in [-0.15, -0.1) is 0 Å². The molecule has 10 nitrogen and oxygen atoms in total. The zero-order valence-corrected chi connectivity index (χ0v) is 19.1. The van der Waals surface area contributed by atoms with E-state index >= 15 is 0 Å². The maximum atomic E-state index is 12.7. The molecule has 2 N–H and O–H groups in total. The van der Waals surface area contributed by atoms with E-state index in [-0.39, 0.29) is 6.03 Å². The summed E-state index contributed by atoms with van der Waals surface area (Å²) in [5, 5.41) is 4.39. The number of rotatable bonds is 4. The first-order valence-corrected chi connectivity index (χ1v) is 11.3. The van der Waals surface area contributed by atoms with E-state index in [4.69, 9.17) is 6.57 Å². The van der Waals surface area contributed by atoms with Gasteiger partial charge in [-0.2, -0.15) is 9.36 Å². The molecular formula is C21H25N9OS. The minimum absolute atomic E-state index is 0.107. The summed E-state index contributed by atoms with van der Waals surface area (Å²) in [6.07, 6.45) is 5.51. The lowest BCUT2D eigenvalue weighted by atomic mass is 10.0. The van der Waals surface area contributed by atoms with E-state index in [2.05, 4.69) is 41.4 Å². The van der Waals surface area contributed by atoms with Crippen molar-refractivity contribution in [3.05, 3.63) is 29.9 Å². The highest BCUT2D eigenvalue weighted by Crippen LogP contribution is 2.44. The van der Waals surface area contributed by atoms with Crippen LogP contribution < -0.4 is 15.1 Å². The van der Waals surface area contributed by atoms with E-state index in [1.807, 2.05) is 36.2 Å². The lowest BCUT2D eigenvalue weighted by Crippen LogP contribution is -2.36. The number of H-pyrrole nitrogens is 1. The standard InChI is InChI=1S/C21H25N9OS/c1-22-16-9-24-18-15(5-6-23-18)17(16)29(4)14-7-12-10-30(11-13(12)8-14)21(31)26-20-25-19(27-32-20)28(2)3/h5-6,9,12-14H,7-8,10-11H2,2-4H3,(H,23,24)(H,25,26,27,31)/t12-,13+,14?. The van der Waals surface area contributed by atoms with Crippen molar-refractivity contribution in [2.45, 2.75) is 18.9 Å². The summed E-state index contributed by atoms with van der Waals surface area (Å²) in [4.78, 5) is 34.2. The number of nitrogens with one attached hydrogen (secondary N) is 2. The normalized spacial score (nSPS) is 22.1. The van der Waals surface area contributed by atoms with Crippen molar-refractivity contribution in [3.63, 3.8) is 0 Å². The Bertz CT molecular complexity index is 1180. The van der Waals surface area contributed by atoms with Crippen LogP contribution in [0.3, 0.4) is 0 Å². The molecule has 3 aromatic heterocycles. The van der Waals surface area contributed by atoms with Crippen LogP contribution in [0.25, 0.3) is 15.9 Å². The zero-order chi connectivity index (χ0) is 22.4. The number of anilines is 3. The molecular weight excluding hydrogens is 426 g/mol. The lowest BCUT2D eigenvalue weighted by Gasteiger charge is -2.30. The number of urea groups is 1. The highest BCUT2D eigenvalue weighted by Gasteiger charge is 2.44. The summed E-state index contributed by atoms with van der Waals surface area (Å²) in [5.74, 6) is 1.51. The van der Waals surface area contributed by atoms with Crippen molar-refractivity contribution in [1.82, 2.24) is 24.2 Å². The summed E-state index contributed by atoms with van der Waals surface area (Å²) in [5.41, 5.74) is 2.32. The Morgan fingerprint density at radius 3 is 2.72 bits per heavy atom. The Kier molecular flexibility index (Phi) is 5.09. The van der Waals surface area contributed by atoms with Gasteiger partial charge >= 0.3 is 6.03 Å². The third-order valence-electron chi connectivity index (χ3n) is 6.60. The first kappa shape index (κ1) is 20.5. The fraction of sp³-hybridized carbons (Fsp3) is 0.476. The number of amides is 2. The summed E-state index contributed by atoms with van der Waals surface area (Å²) in [7, 11) is 5.82. The van der Waals surface area contributed by atoms with E-state index in [1.54, 1.807) is 6.20 Å². The van der Waals surface area contributed by atoms with Crippen molar-refractivity contribution in [1.29, 1.82) is 0 Å². The summed E-state index contributed by atoms with van der Waals surface area (Å²) in [6, 6.07) is 2.21. The third-order valence-corrected chi connectivity index (χ3v) is 7.22. The molecule has 0 spiro atoms. The van der Waals surface area contributed by atoms with Gasteiger partial charge in [0.2, 0.25) is 16.8 Å². The number of pyridine rings is 1. The average molecular weight is 452 g/mol. The van der Waals surface area contributed by atoms with E-state index in [0.717, 1.165) is 42.7 Å². The monoisotopic (exact) mass is 451 g/mol. The van der Waals surface area contributed by atoms with Crippen molar-refractivity contribution in [3.8, 4) is 0 Å². The number of likely N-dealkylation sites (tertiary alicyclic amines) is 1. The maximum Gasteiger partial charge on any atom is 0.323 e. The third kappa shape index (κ3) is 3.50. The molecule has 3 aromatic rings. The fourth-order valence-corrected chi connectivity index (χ4v) is 5.61. The minimum atomic E-state index is -0.107. The Morgan fingerprint density at radius 1 is 1.31 bits per heavy atom. The zero-order valence-electron chi connectivity index (χ0n) is 18.2. The maximum absolute atomic E-state index is 12.7. The molecule has 1 aliphatic heterocycles. The van der Waals surface area contributed by atoms with E-state index in [1.165, 1.54) is 11.5 Å². The minimum Gasteiger partial charge on any atom is -0.380 e. The van der Waals surface area contributed by atoms with Crippen LogP contribution in [-0.2, 0) is 0 Å². The van der Waals surface area contributed by atoms with Crippen LogP contribution in [0.15, 0.2) is 18.5 Å². The number of hydrogen-bond donors (Lipinski definition) is 2. The molecule has 2 amide bonds. The van der Waals surface area contributed by atoms with Gasteiger partial charge in [0.25, 0.3) is 0 Å². The first-order valence-electron chi connectivity index (χ1n) is 10.6. The Morgan fingerprint density at radius 2 is 2.06 bits per heavy atom. The van der Waals surface area contributed by atoms with Crippen LogP contribution in [0.1, 0.15) is 12.8 Å². The van der Waals surface area contributed by atoms with Crippen LogP contribution >= 0.6 is 11.5 Å². The number of carbonyl (C=O) groups is 1. The number of nitrogens with zero attached hydrogens (tertiary/aromatic N) is 7. The van der Waals surface area contributed by atoms with Gasteiger partial charge < -0.3 is 19.7 Å². The number of aromatic amines is 1. The van der Waals surface area contributed by atoms with Gasteiger partial charge in [-0.3, -0.25) is 10.3 Å². The number of fused-ring (bicyclic) bond motifs is 2. The first-order chi connectivity index (χ1) is 15.4. The average Bonchev–Trinajstić information content (AvgIpc) is 3.54. The fourth-order valence-electron chi connectivity index (χ4n) is 4.99. The highest BCUT2D eigenvalue weighted by molar-refractivity contribution is 7.10. The van der Waals surface area contributed by atoms with Crippen LogP contribution in [0.2, 0.25) is 0 Å². The van der Waals surface area contributed by atoms with Gasteiger partial charge in [0.1, 0.15) is 5.65 Å². The highest BCUT2D eigenvalue weighted by atomic mass is 32.1. The molecule has 0 radical (unpaired) electrons. The smallest absolute Gasteiger partial charge is 0.323 e. The second-order valence-corrected chi connectivity index (χ2v) is 9.48. The second kappa shape index (κ2) is 7.94.